The van der Waals surface area contributed by atoms with Gasteiger partial charge in [-0.15, -0.1) is 10.2 Å². The van der Waals surface area contributed by atoms with Gasteiger partial charge in [0.15, 0.2) is 10.9 Å². The van der Waals surface area contributed by atoms with Crippen LogP contribution in [-0.2, 0) is 18.3 Å². The molecule has 0 bridgehead atoms. The number of carbonyl (C=O) groups excluding carboxylic acids is 2. The summed E-state index contributed by atoms with van der Waals surface area (Å²) < 4.78 is 2.96. The molecule has 1 heterocycles. The summed E-state index contributed by atoms with van der Waals surface area (Å²) in [4.78, 5) is 23.0. The SMILES string of the molecule is CC(=O)NCCc1nnc(SCC(=O)c2ccc(I)cc2)n1C. The van der Waals surface area contributed by atoms with Crippen molar-refractivity contribution in [2.24, 2.45) is 7.05 Å². The minimum Gasteiger partial charge on any atom is -0.356 e. The molecule has 0 atom stereocenters. The molecule has 1 aromatic heterocycles. The van der Waals surface area contributed by atoms with E-state index in [0.717, 1.165) is 9.39 Å². The molecule has 0 fully saturated rings. The van der Waals surface area contributed by atoms with E-state index in [9.17, 15) is 9.59 Å². The van der Waals surface area contributed by atoms with E-state index in [4.69, 9.17) is 0 Å². The predicted molar refractivity (Wildman–Crippen MR) is 97.6 cm³/mol. The molecular formula is C15H17IN4O2S. The van der Waals surface area contributed by atoms with Gasteiger partial charge in [0.1, 0.15) is 5.82 Å². The molecule has 0 aliphatic rings. The fourth-order valence-electron chi connectivity index (χ4n) is 1.89. The van der Waals surface area contributed by atoms with Crippen molar-refractivity contribution in [3.63, 3.8) is 0 Å². The zero-order valence-corrected chi connectivity index (χ0v) is 15.8. The third-order valence-electron chi connectivity index (χ3n) is 3.15. The largest absolute Gasteiger partial charge is 0.356 e. The minimum absolute atomic E-state index is 0.0641. The highest BCUT2D eigenvalue weighted by Gasteiger charge is 2.12. The maximum absolute atomic E-state index is 12.2. The topological polar surface area (TPSA) is 76.9 Å². The van der Waals surface area contributed by atoms with Crippen LogP contribution in [0.4, 0.5) is 0 Å². The van der Waals surface area contributed by atoms with Crippen molar-refractivity contribution in [1.82, 2.24) is 20.1 Å². The fourth-order valence-corrected chi connectivity index (χ4v) is 3.07. The Hall–Kier alpha value is -1.42. The van der Waals surface area contributed by atoms with Gasteiger partial charge in [-0.2, -0.15) is 0 Å². The first-order valence-corrected chi connectivity index (χ1v) is 9.08. The minimum atomic E-state index is -0.0649. The molecule has 2 rings (SSSR count). The molecule has 0 radical (unpaired) electrons. The lowest BCUT2D eigenvalue weighted by Gasteiger charge is -2.04. The van der Waals surface area contributed by atoms with Gasteiger partial charge >= 0.3 is 0 Å². The highest BCUT2D eigenvalue weighted by Crippen LogP contribution is 2.18. The van der Waals surface area contributed by atoms with Crippen LogP contribution in [0.2, 0.25) is 0 Å². The Morgan fingerprint density at radius 3 is 2.61 bits per heavy atom. The number of hydrogen-bond acceptors (Lipinski definition) is 5. The molecule has 0 aliphatic carbocycles. The summed E-state index contributed by atoms with van der Waals surface area (Å²) >= 11 is 3.57. The highest BCUT2D eigenvalue weighted by molar-refractivity contribution is 14.1. The molecule has 6 nitrogen and oxygen atoms in total. The van der Waals surface area contributed by atoms with E-state index >= 15 is 0 Å². The molecule has 23 heavy (non-hydrogen) atoms. The number of Topliss-reactive ketones (excluding diaryl/α,β-unsaturated/α-hetero) is 1. The van der Waals surface area contributed by atoms with E-state index in [2.05, 4.69) is 38.1 Å². The molecule has 1 amide bonds. The van der Waals surface area contributed by atoms with E-state index in [1.54, 1.807) is 0 Å². The lowest BCUT2D eigenvalue weighted by molar-refractivity contribution is -0.118. The van der Waals surface area contributed by atoms with Crippen molar-refractivity contribution in [2.45, 2.75) is 18.5 Å². The third-order valence-corrected chi connectivity index (χ3v) is 4.89. The van der Waals surface area contributed by atoms with Gasteiger partial charge in [-0.1, -0.05) is 23.9 Å². The monoisotopic (exact) mass is 444 g/mol. The van der Waals surface area contributed by atoms with Crippen LogP contribution in [0, 0.1) is 3.57 Å². The summed E-state index contributed by atoms with van der Waals surface area (Å²) in [6, 6.07) is 7.50. The number of amides is 1. The van der Waals surface area contributed by atoms with Gasteiger partial charge in [0.25, 0.3) is 0 Å². The summed E-state index contributed by atoms with van der Waals surface area (Å²) in [5.41, 5.74) is 0.700. The van der Waals surface area contributed by atoms with Crippen molar-refractivity contribution in [1.29, 1.82) is 0 Å². The Labute approximate surface area is 152 Å². The fraction of sp³-hybridized carbons (Fsp3) is 0.333. The van der Waals surface area contributed by atoms with Crippen LogP contribution in [0.25, 0.3) is 0 Å². The van der Waals surface area contributed by atoms with Crippen LogP contribution in [0.15, 0.2) is 29.4 Å². The van der Waals surface area contributed by atoms with Crippen molar-refractivity contribution in [2.75, 3.05) is 12.3 Å². The number of hydrogen-bond donors (Lipinski definition) is 1. The smallest absolute Gasteiger partial charge is 0.216 e. The van der Waals surface area contributed by atoms with E-state index < -0.39 is 0 Å². The Balaban J connectivity index is 1.90. The normalized spacial score (nSPS) is 10.6. The molecule has 0 saturated heterocycles. The first-order valence-electron chi connectivity index (χ1n) is 7.01. The lowest BCUT2D eigenvalue weighted by Crippen LogP contribution is -2.23. The third kappa shape index (κ3) is 5.31. The van der Waals surface area contributed by atoms with E-state index in [1.807, 2.05) is 35.9 Å². The Kier molecular flexibility index (Phi) is 6.58. The van der Waals surface area contributed by atoms with Gasteiger partial charge in [-0.05, 0) is 34.7 Å². The zero-order chi connectivity index (χ0) is 16.8. The van der Waals surface area contributed by atoms with Crippen molar-refractivity contribution in [3.8, 4) is 0 Å². The van der Waals surface area contributed by atoms with Crippen LogP contribution >= 0.6 is 34.4 Å². The predicted octanol–water partition coefficient (Wildman–Crippen LogP) is 2.07. The van der Waals surface area contributed by atoms with E-state index in [0.29, 0.717) is 29.4 Å². The standard InChI is InChI=1S/C15H17IN4O2S/c1-10(21)17-8-7-14-18-19-15(20(14)2)23-9-13(22)11-3-5-12(16)6-4-11/h3-6H,7-9H2,1-2H3,(H,17,21). The molecule has 0 unspecified atom stereocenters. The van der Waals surface area contributed by atoms with Crippen LogP contribution < -0.4 is 5.32 Å². The number of halogens is 1. The van der Waals surface area contributed by atoms with Gasteiger partial charge < -0.3 is 9.88 Å². The summed E-state index contributed by atoms with van der Waals surface area (Å²) in [6.07, 6.45) is 0.606. The van der Waals surface area contributed by atoms with Gasteiger partial charge in [0, 0.05) is 36.1 Å². The van der Waals surface area contributed by atoms with Gasteiger partial charge in [0.05, 0.1) is 5.75 Å². The number of benzene rings is 1. The first-order chi connectivity index (χ1) is 11.0. The Bertz CT molecular complexity index is 700. The van der Waals surface area contributed by atoms with Crippen LogP contribution in [0.3, 0.4) is 0 Å². The molecule has 1 N–H and O–H groups in total. The quantitative estimate of drug-likeness (QED) is 0.402. The summed E-state index contributed by atoms with van der Waals surface area (Å²) in [6.45, 7) is 2.00. The Morgan fingerprint density at radius 1 is 1.26 bits per heavy atom. The number of thioether (sulfide) groups is 1. The molecule has 0 aliphatic heterocycles. The first kappa shape index (κ1) is 17.9. The number of nitrogens with one attached hydrogen (secondary N) is 1. The van der Waals surface area contributed by atoms with Gasteiger partial charge in [0.2, 0.25) is 5.91 Å². The lowest BCUT2D eigenvalue weighted by atomic mass is 10.2. The molecule has 0 saturated carbocycles. The number of nitrogens with zero attached hydrogens (tertiary/aromatic N) is 3. The summed E-state index contributed by atoms with van der Waals surface area (Å²) in [5.74, 6) is 1.10. The molecular weight excluding hydrogens is 427 g/mol. The average Bonchev–Trinajstić information content (AvgIpc) is 2.86. The van der Waals surface area contributed by atoms with Gasteiger partial charge in [-0.3, -0.25) is 9.59 Å². The average molecular weight is 444 g/mol. The second-order valence-electron chi connectivity index (χ2n) is 4.91. The van der Waals surface area contributed by atoms with Crippen molar-refractivity contribution >= 4 is 46.0 Å². The summed E-state index contributed by atoms with van der Waals surface area (Å²) in [5, 5.41) is 11.6. The van der Waals surface area contributed by atoms with Crippen molar-refractivity contribution in [3.05, 3.63) is 39.2 Å². The van der Waals surface area contributed by atoms with Crippen LogP contribution in [-0.4, -0.2) is 38.8 Å². The highest BCUT2D eigenvalue weighted by atomic mass is 127. The number of carbonyl (C=O) groups is 2. The maximum Gasteiger partial charge on any atom is 0.216 e. The second kappa shape index (κ2) is 8.44. The number of rotatable bonds is 7. The number of aromatic nitrogens is 3. The number of ketones is 1. The van der Waals surface area contributed by atoms with E-state index in [1.165, 1.54) is 18.7 Å². The van der Waals surface area contributed by atoms with Crippen molar-refractivity contribution < 1.29 is 9.59 Å². The second-order valence-corrected chi connectivity index (χ2v) is 7.10. The molecule has 8 heteroatoms. The Morgan fingerprint density at radius 2 is 1.96 bits per heavy atom. The maximum atomic E-state index is 12.2. The van der Waals surface area contributed by atoms with Crippen LogP contribution in [0.1, 0.15) is 23.1 Å². The molecule has 1 aromatic carbocycles. The molecule has 2 aromatic rings. The van der Waals surface area contributed by atoms with Crippen LogP contribution in [0.5, 0.6) is 0 Å². The summed E-state index contributed by atoms with van der Waals surface area (Å²) in [7, 11) is 1.86. The zero-order valence-electron chi connectivity index (χ0n) is 12.9. The van der Waals surface area contributed by atoms with E-state index in [-0.39, 0.29) is 11.7 Å². The molecule has 0 spiro atoms. The van der Waals surface area contributed by atoms with Gasteiger partial charge in [-0.25, -0.2) is 0 Å². The molecule has 122 valence electrons.